The molecule has 9 aromatic carbocycles. The zero-order valence-electron chi connectivity index (χ0n) is 38.1. The highest BCUT2D eigenvalue weighted by molar-refractivity contribution is 7.33. The molecule has 0 fully saturated rings. The lowest BCUT2D eigenvalue weighted by Crippen LogP contribution is -2.63. The minimum atomic E-state index is -0.176. The second kappa shape index (κ2) is 14.3. The van der Waals surface area contributed by atoms with Gasteiger partial charge in [0.1, 0.15) is 34.5 Å². The number of benzene rings is 9. The Balaban J connectivity index is 0.976. The molecule has 0 unspecified atom stereocenters. The van der Waals surface area contributed by atoms with Gasteiger partial charge in [0.2, 0.25) is 0 Å². The van der Waals surface area contributed by atoms with Gasteiger partial charge in [0, 0.05) is 71.3 Å². The average molecular weight is 931 g/mol. The first-order chi connectivity index (χ1) is 34.6. The van der Waals surface area contributed by atoms with Crippen LogP contribution in [0.2, 0.25) is 0 Å². The van der Waals surface area contributed by atoms with E-state index in [1.54, 1.807) is 0 Å². The Hall–Kier alpha value is -7.91. The molecule has 10 heteroatoms. The second-order valence-electron chi connectivity index (χ2n) is 19.1. The van der Waals surface area contributed by atoms with Crippen LogP contribution < -0.4 is 71.8 Å². The fourth-order valence-corrected chi connectivity index (χ4v) is 15.1. The minimum Gasteiger partial charge on any atom is -0.458 e. The maximum atomic E-state index is 7.17. The van der Waals surface area contributed by atoms with E-state index in [1.165, 1.54) is 63.0 Å². The lowest BCUT2D eigenvalue weighted by atomic mass is 9.31. The number of anilines is 6. The SMILES string of the molecule is Cc1cccc2c1B(c1sc3ccccc3c1C)c1cc3c(cc1N2c1ccccc1)Oc1cccc2c1B3c1cc3c(cc1O2)N(c1ccccc1)c1cccc2c1B3c1sc3ccccc3c1O2. The Labute approximate surface area is 414 Å². The number of ether oxygens (including phenoxy) is 3. The number of para-hydroxylation sites is 2. The molecule has 5 aliphatic heterocycles. The van der Waals surface area contributed by atoms with E-state index in [2.05, 4.69) is 212 Å². The van der Waals surface area contributed by atoms with Gasteiger partial charge in [0.05, 0.1) is 0 Å². The summed E-state index contributed by atoms with van der Waals surface area (Å²) in [6.45, 7) is 4.34. The number of hydrogen-bond acceptors (Lipinski definition) is 7. The van der Waals surface area contributed by atoms with Crippen molar-refractivity contribution in [2.75, 3.05) is 9.80 Å². The van der Waals surface area contributed by atoms with Gasteiger partial charge >= 0.3 is 0 Å². The van der Waals surface area contributed by atoms with E-state index in [1.807, 2.05) is 22.7 Å². The summed E-state index contributed by atoms with van der Waals surface area (Å²) in [7, 11) is 0. The zero-order valence-corrected chi connectivity index (χ0v) is 39.7. The average Bonchev–Trinajstić information content (AvgIpc) is 3.94. The van der Waals surface area contributed by atoms with Gasteiger partial charge in [-0.1, -0.05) is 109 Å². The van der Waals surface area contributed by atoms with E-state index >= 15 is 0 Å². The van der Waals surface area contributed by atoms with Crippen LogP contribution in [0.3, 0.4) is 0 Å². The van der Waals surface area contributed by atoms with Crippen LogP contribution in [0.4, 0.5) is 34.1 Å². The smallest absolute Gasteiger partial charge is 0.268 e. The van der Waals surface area contributed by atoms with Crippen LogP contribution in [0.5, 0.6) is 34.5 Å². The van der Waals surface area contributed by atoms with Gasteiger partial charge in [-0.05, 0) is 135 Å². The van der Waals surface area contributed by atoms with E-state index in [0.717, 1.165) is 84.7 Å². The van der Waals surface area contributed by atoms with E-state index in [-0.39, 0.29) is 20.1 Å². The van der Waals surface area contributed by atoms with Gasteiger partial charge < -0.3 is 24.0 Å². The molecule has 11 aromatic rings. The highest BCUT2D eigenvalue weighted by atomic mass is 32.1. The Bertz CT molecular complexity index is 4070. The molecule has 0 N–H and O–H groups in total. The van der Waals surface area contributed by atoms with E-state index in [4.69, 9.17) is 14.2 Å². The molecule has 7 heterocycles. The molecule has 0 aliphatic carbocycles. The highest BCUT2D eigenvalue weighted by Gasteiger charge is 2.48. The first-order valence-corrected chi connectivity index (χ1v) is 25.6. The number of rotatable bonds is 3. The number of aryl methyl sites for hydroxylation is 2. The molecule has 16 rings (SSSR count). The van der Waals surface area contributed by atoms with Crippen molar-refractivity contribution in [2.45, 2.75) is 13.8 Å². The molecule has 0 saturated carbocycles. The van der Waals surface area contributed by atoms with E-state index in [0.29, 0.717) is 0 Å². The Morgan fingerprint density at radius 1 is 0.371 bits per heavy atom. The molecular weight excluding hydrogens is 893 g/mol. The van der Waals surface area contributed by atoms with Crippen LogP contribution >= 0.6 is 22.7 Å². The van der Waals surface area contributed by atoms with Gasteiger partial charge in [0.15, 0.2) is 0 Å². The van der Waals surface area contributed by atoms with Gasteiger partial charge in [-0.15, -0.1) is 22.7 Å². The van der Waals surface area contributed by atoms with Gasteiger partial charge in [0.25, 0.3) is 20.1 Å². The topological polar surface area (TPSA) is 34.2 Å². The quantitative estimate of drug-likeness (QED) is 0.165. The largest absolute Gasteiger partial charge is 0.458 e. The van der Waals surface area contributed by atoms with Crippen LogP contribution in [-0.2, 0) is 0 Å². The van der Waals surface area contributed by atoms with Crippen LogP contribution in [0, 0.1) is 13.8 Å². The molecule has 70 heavy (non-hydrogen) atoms. The Morgan fingerprint density at radius 3 is 1.50 bits per heavy atom. The monoisotopic (exact) mass is 930 g/mol. The molecule has 5 nitrogen and oxygen atoms in total. The molecule has 0 saturated heterocycles. The first kappa shape index (κ1) is 39.0. The maximum absolute atomic E-state index is 7.17. The zero-order chi connectivity index (χ0) is 45.9. The standard InChI is InChI=1S/C60H37B3N2O3S2/c1-34-16-13-23-44-55(34)62(59-35(2)38-21-9-11-28-53(38)69-59)40-30-42-51(32-46(40)64(44)36-17-5-3-6-18-36)66-49-26-15-27-50-57(49)61(42)43-31-41-47(33-52(43)67-50)65(37-19-7-4-8-20-37)45-24-14-25-48-56(45)63(41)60-58(68-48)39-22-10-12-29-54(39)70-60/h3-33H,1-2H3. The van der Waals surface area contributed by atoms with Crippen LogP contribution in [-0.4, -0.2) is 20.1 Å². The van der Waals surface area contributed by atoms with Crippen LogP contribution in [0.15, 0.2) is 188 Å². The summed E-state index contributed by atoms with van der Waals surface area (Å²) in [4.78, 5) is 4.87. The molecule has 0 bridgehead atoms. The number of hydrogen-bond donors (Lipinski definition) is 0. The Kier molecular flexibility index (Phi) is 7.98. The van der Waals surface area contributed by atoms with Crippen LogP contribution in [0.1, 0.15) is 11.1 Å². The predicted molar refractivity (Wildman–Crippen MR) is 296 cm³/mol. The first-order valence-electron chi connectivity index (χ1n) is 24.0. The fourth-order valence-electron chi connectivity index (χ4n) is 12.5. The summed E-state index contributed by atoms with van der Waals surface area (Å²) in [5.74, 6) is 5.22. The fraction of sp³-hybridized carbons (Fsp3) is 0.0333. The molecule has 0 atom stereocenters. The second-order valence-corrected chi connectivity index (χ2v) is 21.3. The number of nitrogens with zero attached hydrogens (tertiary/aromatic N) is 2. The summed E-state index contributed by atoms with van der Waals surface area (Å²) < 4.78 is 26.4. The number of fused-ring (bicyclic) bond motifs is 13. The lowest BCUT2D eigenvalue weighted by molar-refractivity contribution is 0.465. The third kappa shape index (κ3) is 5.24. The van der Waals surface area contributed by atoms with Crippen molar-refractivity contribution in [1.82, 2.24) is 0 Å². The van der Waals surface area contributed by atoms with E-state index in [9.17, 15) is 0 Å². The summed E-state index contributed by atoms with van der Waals surface area (Å²) in [5.41, 5.74) is 17.7. The van der Waals surface area contributed by atoms with Gasteiger partial charge in [-0.25, -0.2) is 0 Å². The summed E-state index contributed by atoms with van der Waals surface area (Å²) in [6, 6.07) is 68.3. The maximum Gasteiger partial charge on any atom is 0.268 e. The van der Waals surface area contributed by atoms with Crippen molar-refractivity contribution < 1.29 is 14.2 Å². The van der Waals surface area contributed by atoms with Gasteiger partial charge in [-0.2, -0.15) is 0 Å². The summed E-state index contributed by atoms with van der Waals surface area (Å²) >= 11 is 3.77. The lowest BCUT2D eigenvalue weighted by Gasteiger charge is -2.41. The van der Waals surface area contributed by atoms with Crippen molar-refractivity contribution >= 4 is 145 Å². The molecule has 5 aliphatic rings. The van der Waals surface area contributed by atoms with Crippen molar-refractivity contribution in [3.63, 3.8) is 0 Å². The summed E-state index contributed by atoms with van der Waals surface area (Å²) in [5, 5.41) is 2.47. The molecule has 326 valence electrons. The minimum absolute atomic E-state index is 0.0173. The summed E-state index contributed by atoms with van der Waals surface area (Å²) in [6.07, 6.45) is 0. The molecule has 0 radical (unpaired) electrons. The van der Waals surface area contributed by atoms with Crippen LogP contribution in [0.25, 0.3) is 20.2 Å². The predicted octanol–water partition coefficient (Wildman–Crippen LogP) is 10.2. The third-order valence-electron chi connectivity index (χ3n) is 15.4. The van der Waals surface area contributed by atoms with Crippen molar-refractivity contribution in [3.05, 3.63) is 199 Å². The highest BCUT2D eigenvalue weighted by Crippen LogP contribution is 2.46. The molecule has 0 spiro atoms. The van der Waals surface area contributed by atoms with Crippen molar-refractivity contribution in [3.8, 4) is 34.5 Å². The van der Waals surface area contributed by atoms with Crippen molar-refractivity contribution in [1.29, 1.82) is 0 Å². The Morgan fingerprint density at radius 2 is 0.871 bits per heavy atom. The molecule has 2 aromatic heterocycles. The molecular formula is C60H37B3N2O3S2. The third-order valence-corrected chi connectivity index (χ3v) is 18.0. The number of thiophene rings is 2. The van der Waals surface area contributed by atoms with E-state index < -0.39 is 0 Å². The molecule has 0 amide bonds. The van der Waals surface area contributed by atoms with Gasteiger partial charge in [-0.3, -0.25) is 0 Å². The van der Waals surface area contributed by atoms with Crippen molar-refractivity contribution in [2.24, 2.45) is 0 Å². The normalized spacial score (nSPS) is 14.1.